The average molecular weight is 369 g/mol. The second-order valence-electron chi connectivity index (χ2n) is 6.07. The topological polar surface area (TPSA) is 107 Å². The summed E-state index contributed by atoms with van der Waals surface area (Å²) in [7, 11) is 0. The first-order valence-corrected chi connectivity index (χ1v) is 8.63. The number of benzene rings is 2. The van der Waals surface area contributed by atoms with Crippen LogP contribution in [0.3, 0.4) is 0 Å². The Morgan fingerprint density at radius 3 is 2.44 bits per heavy atom. The van der Waals surface area contributed by atoms with Gasteiger partial charge in [0.25, 0.3) is 5.69 Å². The van der Waals surface area contributed by atoms with Crippen molar-refractivity contribution >= 4 is 28.4 Å². The molecule has 0 spiro atoms. The molecular formula is C19H19N3O5. The summed E-state index contributed by atoms with van der Waals surface area (Å²) in [6.07, 6.45) is 1.53. The van der Waals surface area contributed by atoms with E-state index in [2.05, 4.69) is 5.32 Å². The number of anilines is 1. The maximum Gasteiger partial charge on any atom is 0.420 e. The van der Waals surface area contributed by atoms with Gasteiger partial charge >= 0.3 is 5.76 Å². The minimum Gasteiger partial charge on any atom is -0.407 e. The van der Waals surface area contributed by atoms with Crippen LogP contribution in [0.1, 0.15) is 25.0 Å². The third-order valence-electron chi connectivity index (χ3n) is 4.43. The molecule has 140 valence electrons. The highest BCUT2D eigenvalue weighted by Crippen LogP contribution is 2.23. The molecule has 3 rings (SSSR count). The third kappa shape index (κ3) is 3.59. The lowest BCUT2D eigenvalue weighted by Gasteiger charge is -2.14. The molecule has 0 saturated heterocycles. The lowest BCUT2D eigenvalue weighted by atomic mass is 10.0. The highest BCUT2D eigenvalue weighted by Gasteiger charge is 2.17. The number of hydrogen-bond acceptors (Lipinski definition) is 5. The van der Waals surface area contributed by atoms with E-state index in [0.29, 0.717) is 5.52 Å². The van der Waals surface area contributed by atoms with Gasteiger partial charge in [-0.15, -0.1) is 0 Å². The number of aryl methyl sites for hydroxylation is 2. The Morgan fingerprint density at radius 2 is 1.85 bits per heavy atom. The van der Waals surface area contributed by atoms with Gasteiger partial charge in [-0.1, -0.05) is 32.0 Å². The lowest BCUT2D eigenvalue weighted by Crippen LogP contribution is -2.25. The van der Waals surface area contributed by atoms with Gasteiger partial charge in [0.1, 0.15) is 6.54 Å². The number of aromatic nitrogens is 1. The van der Waals surface area contributed by atoms with Crippen LogP contribution < -0.4 is 11.1 Å². The van der Waals surface area contributed by atoms with E-state index < -0.39 is 10.7 Å². The summed E-state index contributed by atoms with van der Waals surface area (Å²) >= 11 is 0. The van der Waals surface area contributed by atoms with Crippen molar-refractivity contribution < 1.29 is 14.1 Å². The first kappa shape index (κ1) is 18.4. The number of nitrogens with zero attached hydrogens (tertiary/aromatic N) is 2. The number of fused-ring (bicyclic) bond motifs is 1. The lowest BCUT2D eigenvalue weighted by molar-refractivity contribution is -0.384. The zero-order chi connectivity index (χ0) is 19.6. The van der Waals surface area contributed by atoms with Gasteiger partial charge in [0.15, 0.2) is 5.58 Å². The minimum absolute atomic E-state index is 0.0743. The van der Waals surface area contributed by atoms with E-state index in [9.17, 15) is 19.7 Å². The van der Waals surface area contributed by atoms with E-state index >= 15 is 0 Å². The Labute approximate surface area is 154 Å². The van der Waals surface area contributed by atoms with Crippen LogP contribution in [0.2, 0.25) is 0 Å². The van der Waals surface area contributed by atoms with Crippen LogP contribution >= 0.6 is 0 Å². The summed E-state index contributed by atoms with van der Waals surface area (Å²) in [5.74, 6) is -1.10. The van der Waals surface area contributed by atoms with E-state index in [0.717, 1.165) is 34.2 Å². The monoisotopic (exact) mass is 369 g/mol. The number of nitrogens with one attached hydrogen (secondary N) is 1. The quantitative estimate of drug-likeness (QED) is 0.530. The first-order chi connectivity index (χ1) is 12.9. The molecule has 1 aromatic heterocycles. The molecular weight excluding hydrogens is 350 g/mol. The minimum atomic E-state index is -0.736. The van der Waals surface area contributed by atoms with Crippen molar-refractivity contribution in [2.24, 2.45) is 0 Å². The van der Waals surface area contributed by atoms with Crippen molar-refractivity contribution in [3.8, 4) is 0 Å². The molecule has 8 heteroatoms. The van der Waals surface area contributed by atoms with E-state index in [1.807, 2.05) is 32.0 Å². The summed E-state index contributed by atoms with van der Waals surface area (Å²) in [6.45, 7) is 3.77. The average Bonchev–Trinajstić information content (AvgIpc) is 2.96. The van der Waals surface area contributed by atoms with E-state index in [-0.39, 0.29) is 23.7 Å². The molecule has 1 N–H and O–H groups in total. The van der Waals surface area contributed by atoms with Gasteiger partial charge < -0.3 is 9.73 Å². The van der Waals surface area contributed by atoms with Crippen molar-refractivity contribution in [2.45, 2.75) is 33.2 Å². The molecule has 0 aliphatic carbocycles. The second kappa shape index (κ2) is 7.45. The van der Waals surface area contributed by atoms with Crippen LogP contribution in [0.5, 0.6) is 0 Å². The number of carbonyl (C=O) groups excluding carboxylic acids is 1. The van der Waals surface area contributed by atoms with Gasteiger partial charge in [-0.05, 0) is 30.0 Å². The number of oxazole rings is 1. The van der Waals surface area contributed by atoms with Gasteiger partial charge in [-0.3, -0.25) is 19.5 Å². The Kier molecular flexibility index (Phi) is 5.07. The van der Waals surface area contributed by atoms with Crippen LogP contribution in [0, 0.1) is 10.1 Å². The van der Waals surface area contributed by atoms with Gasteiger partial charge in [0, 0.05) is 11.8 Å². The van der Waals surface area contributed by atoms with Gasteiger partial charge in [0.05, 0.1) is 16.5 Å². The summed E-state index contributed by atoms with van der Waals surface area (Å²) in [5.41, 5.74) is 3.03. The van der Waals surface area contributed by atoms with Crippen LogP contribution in [0.4, 0.5) is 11.4 Å². The molecule has 0 aliphatic heterocycles. The number of carbonyl (C=O) groups is 1. The van der Waals surface area contributed by atoms with Crippen molar-refractivity contribution in [3.63, 3.8) is 0 Å². The fourth-order valence-electron chi connectivity index (χ4n) is 3.04. The zero-order valence-corrected chi connectivity index (χ0v) is 15.0. The van der Waals surface area contributed by atoms with Gasteiger partial charge in [-0.25, -0.2) is 4.79 Å². The maximum absolute atomic E-state index is 12.6. The summed E-state index contributed by atoms with van der Waals surface area (Å²) in [5, 5.41) is 13.7. The molecule has 0 aliphatic rings. The largest absolute Gasteiger partial charge is 0.420 e. The summed E-state index contributed by atoms with van der Waals surface area (Å²) < 4.78 is 6.21. The normalized spacial score (nSPS) is 10.9. The number of non-ortho nitro benzene ring substituents is 1. The number of hydrogen-bond donors (Lipinski definition) is 1. The van der Waals surface area contributed by atoms with Gasteiger partial charge in [0.2, 0.25) is 5.91 Å². The molecule has 1 heterocycles. The SMILES string of the molecule is CCc1cccc(CC)c1NC(=O)Cn1c(=O)oc2cc([N+](=O)[O-])ccc21. The van der Waals surface area contributed by atoms with Crippen molar-refractivity contribution in [2.75, 3.05) is 5.32 Å². The molecule has 0 saturated carbocycles. The summed E-state index contributed by atoms with van der Waals surface area (Å²) in [6, 6.07) is 9.71. The molecule has 8 nitrogen and oxygen atoms in total. The number of para-hydroxylation sites is 1. The van der Waals surface area contributed by atoms with E-state index in [1.54, 1.807) is 0 Å². The predicted octanol–water partition coefficient (Wildman–Crippen LogP) is 3.27. The highest BCUT2D eigenvalue weighted by atomic mass is 16.6. The molecule has 0 fully saturated rings. The Hall–Kier alpha value is -3.42. The molecule has 2 aromatic carbocycles. The first-order valence-electron chi connectivity index (χ1n) is 8.63. The Morgan fingerprint density at radius 1 is 1.19 bits per heavy atom. The van der Waals surface area contributed by atoms with Gasteiger partial charge in [-0.2, -0.15) is 0 Å². The fourth-order valence-corrected chi connectivity index (χ4v) is 3.04. The third-order valence-corrected chi connectivity index (χ3v) is 4.43. The standard InChI is InChI=1S/C19H19N3O5/c1-3-12-6-5-7-13(4-2)18(12)20-17(23)11-21-15-9-8-14(22(25)26)10-16(15)27-19(21)24/h5-10H,3-4,11H2,1-2H3,(H,20,23). The number of nitro groups is 1. The number of rotatable bonds is 6. The molecule has 0 atom stereocenters. The molecule has 3 aromatic rings. The van der Waals surface area contributed by atoms with Crippen molar-refractivity contribution in [1.82, 2.24) is 4.57 Å². The molecule has 0 radical (unpaired) electrons. The zero-order valence-electron chi connectivity index (χ0n) is 15.0. The van der Waals surface area contributed by atoms with Crippen molar-refractivity contribution in [1.29, 1.82) is 0 Å². The van der Waals surface area contributed by atoms with E-state index in [4.69, 9.17) is 4.42 Å². The number of amides is 1. The van der Waals surface area contributed by atoms with Crippen LogP contribution in [0.25, 0.3) is 11.1 Å². The van der Waals surface area contributed by atoms with Crippen LogP contribution in [0.15, 0.2) is 45.6 Å². The Balaban J connectivity index is 1.90. The molecule has 1 amide bonds. The summed E-state index contributed by atoms with van der Waals surface area (Å²) in [4.78, 5) is 34.9. The fraction of sp³-hybridized carbons (Fsp3) is 0.263. The maximum atomic E-state index is 12.6. The molecule has 27 heavy (non-hydrogen) atoms. The van der Waals surface area contributed by atoms with Crippen molar-refractivity contribution in [3.05, 3.63) is 68.2 Å². The molecule has 0 bridgehead atoms. The Bertz CT molecular complexity index is 1060. The highest BCUT2D eigenvalue weighted by molar-refractivity contribution is 5.93. The smallest absolute Gasteiger partial charge is 0.407 e. The second-order valence-corrected chi connectivity index (χ2v) is 6.07. The van der Waals surface area contributed by atoms with E-state index in [1.165, 1.54) is 18.2 Å². The van der Waals surface area contributed by atoms with Crippen LogP contribution in [-0.4, -0.2) is 15.4 Å². The molecule has 0 unspecified atom stereocenters. The predicted molar refractivity (Wildman–Crippen MR) is 101 cm³/mol. The number of nitro benzene ring substituents is 1. The van der Waals surface area contributed by atoms with Crippen LogP contribution in [-0.2, 0) is 24.2 Å².